The lowest BCUT2D eigenvalue weighted by Crippen LogP contribution is -2.31. The Morgan fingerprint density at radius 2 is 1.74 bits per heavy atom. The first kappa shape index (κ1) is 32.2. The molecule has 6 rings (SSSR count). The quantitative estimate of drug-likeness (QED) is 0.136. The first-order valence-electron chi connectivity index (χ1n) is 15.4. The fraction of sp³-hybridized carbons (Fsp3) is 0.216. The number of allylic oxidation sites excluding steroid dienone is 1. The number of hydrogen-bond donors (Lipinski definition) is 2. The first-order valence-corrected chi connectivity index (χ1v) is 16.8. The molecule has 10 heteroatoms. The van der Waals surface area contributed by atoms with E-state index in [0.717, 1.165) is 33.5 Å². The van der Waals surface area contributed by atoms with Crippen LogP contribution in [0, 0.1) is 13.8 Å². The number of amides is 1. The normalized spacial score (nSPS) is 13.9. The Kier molecular flexibility index (Phi) is 9.84. The zero-order valence-corrected chi connectivity index (χ0v) is 28.3. The Bertz CT molecular complexity index is 1940. The third-order valence-electron chi connectivity index (χ3n) is 7.84. The van der Waals surface area contributed by atoms with Crippen LogP contribution >= 0.6 is 23.4 Å². The summed E-state index contributed by atoms with van der Waals surface area (Å²) in [5, 5.41) is 12.6. The van der Waals surface area contributed by atoms with Gasteiger partial charge in [-0.3, -0.25) is 4.79 Å². The standard InChI is InChI=1S/C37H36ClN5O3S/c1-5-45-32-20-27(16-18-31(32)46-21-26-11-7-6-8-12-26)34-33(35(44)40-30-17-15-23(2)19-24(30)3)25(4)39-36-41-37(42-43(34)36)47-22-28-13-9-10-14-29(28)38/h6-20,34H,5,21-22H2,1-4H3,(H,40,44)(H,39,41,42). The molecular weight excluding hydrogens is 630 g/mol. The van der Waals surface area contributed by atoms with Gasteiger partial charge in [-0.1, -0.05) is 95.7 Å². The lowest BCUT2D eigenvalue weighted by Gasteiger charge is -2.29. The highest BCUT2D eigenvalue weighted by Crippen LogP contribution is 2.40. The maximum atomic E-state index is 14.2. The topological polar surface area (TPSA) is 90.3 Å². The van der Waals surface area contributed by atoms with Gasteiger partial charge in [0, 0.05) is 22.2 Å². The molecule has 1 aliphatic rings. The Morgan fingerprint density at radius 3 is 2.51 bits per heavy atom. The van der Waals surface area contributed by atoms with E-state index in [1.165, 1.54) is 11.8 Å². The smallest absolute Gasteiger partial charge is 0.255 e. The minimum absolute atomic E-state index is 0.235. The summed E-state index contributed by atoms with van der Waals surface area (Å²) < 4.78 is 14.0. The predicted molar refractivity (Wildman–Crippen MR) is 188 cm³/mol. The maximum absolute atomic E-state index is 14.2. The number of nitrogens with one attached hydrogen (secondary N) is 2. The molecule has 0 aliphatic carbocycles. The average molecular weight is 666 g/mol. The van der Waals surface area contributed by atoms with E-state index in [9.17, 15) is 4.79 Å². The number of thioether (sulfide) groups is 1. The zero-order valence-electron chi connectivity index (χ0n) is 26.7. The summed E-state index contributed by atoms with van der Waals surface area (Å²) in [5.41, 5.74) is 6.91. The lowest BCUT2D eigenvalue weighted by atomic mass is 9.94. The third kappa shape index (κ3) is 7.32. The van der Waals surface area contributed by atoms with Gasteiger partial charge < -0.3 is 20.1 Å². The highest BCUT2D eigenvalue weighted by atomic mass is 35.5. The van der Waals surface area contributed by atoms with Gasteiger partial charge >= 0.3 is 0 Å². The second kappa shape index (κ2) is 14.4. The van der Waals surface area contributed by atoms with Crippen molar-refractivity contribution in [1.29, 1.82) is 0 Å². The van der Waals surface area contributed by atoms with Gasteiger partial charge in [0.05, 0.1) is 12.2 Å². The number of aromatic nitrogens is 3. The number of anilines is 2. The van der Waals surface area contributed by atoms with Crippen LogP contribution < -0.4 is 20.1 Å². The largest absolute Gasteiger partial charge is 0.490 e. The molecule has 1 unspecified atom stereocenters. The van der Waals surface area contributed by atoms with Gasteiger partial charge in [0.1, 0.15) is 12.6 Å². The molecule has 2 N–H and O–H groups in total. The van der Waals surface area contributed by atoms with Crippen LogP contribution in [-0.2, 0) is 17.2 Å². The predicted octanol–water partition coefficient (Wildman–Crippen LogP) is 8.75. The van der Waals surface area contributed by atoms with E-state index >= 15 is 0 Å². The van der Waals surface area contributed by atoms with E-state index in [1.807, 2.05) is 119 Å². The molecule has 1 amide bonds. The molecule has 0 saturated heterocycles. The number of halogens is 1. The Hall–Kier alpha value is -4.73. The zero-order chi connectivity index (χ0) is 32.9. The molecule has 5 aromatic rings. The number of rotatable bonds is 11. The van der Waals surface area contributed by atoms with Crippen LogP contribution in [-0.4, -0.2) is 27.3 Å². The summed E-state index contributed by atoms with van der Waals surface area (Å²) in [6.07, 6.45) is 0. The van der Waals surface area contributed by atoms with E-state index in [1.54, 1.807) is 4.68 Å². The Morgan fingerprint density at radius 1 is 0.957 bits per heavy atom. The Balaban J connectivity index is 1.37. The number of hydrogen-bond acceptors (Lipinski definition) is 7. The number of carbonyl (C=O) groups excluding carboxylic acids is 1. The van der Waals surface area contributed by atoms with Crippen LogP contribution in [0.15, 0.2) is 107 Å². The van der Waals surface area contributed by atoms with Crippen LogP contribution in [0.3, 0.4) is 0 Å². The van der Waals surface area contributed by atoms with Gasteiger partial charge in [-0.2, -0.15) is 4.98 Å². The second-order valence-electron chi connectivity index (χ2n) is 11.3. The summed E-state index contributed by atoms with van der Waals surface area (Å²) in [6, 6.07) is 28.9. The number of carbonyl (C=O) groups is 1. The van der Waals surface area contributed by atoms with E-state index in [-0.39, 0.29) is 5.91 Å². The highest BCUT2D eigenvalue weighted by molar-refractivity contribution is 7.98. The summed E-state index contributed by atoms with van der Waals surface area (Å²) >= 11 is 7.90. The highest BCUT2D eigenvalue weighted by Gasteiger charge is 2.35. The molecule has 1 aliphatic heterocycles. The van der Waals surface area contributed by atoms with Crippen molar-refractivity contribution in [2.24, 2.45) is 0 Å². The number of benzene rings is 4. The van der Waals surface area contributed by atoms with Crippen molar-refractivity contribution in [3.63, 3.8) is 0 Å². The van der Waals surface area contributed by atoms with Gasteiger partial charge in [0.15, 0.2) is 11.5 Å². The first-order chi connectivity index (χ1) is 22.8. The summed E-state index contributed by atoms with van der Waals surface area (Å²) in [5.74, 6) is 2.11. The minimum atomic E-state index is -0.596. The monoisotopic (exact) mass is 665 g/mol. The summed E-state index contributed by atoms with van der Waals surface area (Å²) in [6.45, 7) is 8.69. The Labute approximate surface area is 284 Å². The molecule has 1 atom stereocenters. The molecule has 47 heavy (non-hydrogen) atoms. The van der Waals surface area contributed by atoms with E-state index in [4.69, 9.17) is 31.2 Å². The van der Waals surface area contributed by atoms with Crippen LogP contribution in [0.5, 0.6) is 11.5 Å². The van der Waals surface area contributed by atoms with Crippen molar-refractivity contribution in [2.75, 3.05) is 17.2 Å². The van der Waals surface area contributed by atoms with E-state index < -0.39 is 6.04 Å². The number of nitrogens with zero attached hydrogens (tertiary/aromatic N) is 3. The van der Waals surface area contributed by atoms with Crippen LogP contribution in [0.4, 0.5) is 11.6 Å². The average Bonchev–Trinajstić information content (AvgIpc) is 3.47. The molecule has 0 bridgehead atoms. The van der Waals surface area contributed by atoms with Gasteiger partial charge in [0.25, 0.3) is 5.91 Å². The lowest BCUT2D eigenvalue weighted by molar-refractivity contribution is -0.113. The molecule has 0 radical (unpaired) electrons. The molecule has 240 valence electrons. The van der Waals surface area contributed by atoms with Crippen LogP contribution in [0.2, 0.25) is 5.02 Å². The minimum Gasteiger partial charge on any atom is -0.490 e. The SMILES string of the molecule is CCOc1cc(C2C(C(=O)Nc3ccc(C)cc3C)=C(C)Nc3nc(SCc4ccccc4Cl)nn32)ccc1OCc1ccccc1. The molecule has 0 fully saturated rings. The van der Waals surface area contributed by atoms with Crippen LogP contribution in [0.1, 0.15) is 47.7 Å². The van der Waals surface area contributed by atoms with Gasteiger partial charge in [0.2, 0.25) is 11.1 Å². The van der Waals surface area contributed by atoms with Crippen molar-refractivity contribution >= 4 is 40.9 Å². The van der Waals surface area contributed by atoms with Crippen molar-refractivity contribution in [1.82, 2.24) is 14.8 Å². The summed E-state index contributed by atoms with van der Waals surface area (Å²) in [4.78, 5) is 19.0. The fourth-order valence-corrected chi connectivity index (χ4v) is 6.63. The summed E-state index contributed by atoms with van der Waals surface area (Å²) in [7, 11) is 0. The van der Waals surface area contributed by atoms with Crippen LogP contribution in [0.25, 0.3) is 0 Å². The molecule has 4 aromatic carbocycles. The molecule has 8 nitrogen and oxygen atoms in total. The molecule has 0 saturated carbocycles. The third-order valence-corrected chi connectivity index (χ3v) is 9.10. The number of ether oxygens (including phenoxy) is 2. The van der Waals surface area contributed by atoms with Crippen molar-refractivity contribution < 1.29 is 14.3 Å². The van der Waals surface area contributed by atoms with Gasteiger partial charge in [-0.15, -0.1) is 5.10 Å². The maximum Gasteiger partial charge on any atom is 0.255 e. The molecular formula is C37H36ClN5O3S. The second-order valence-corrected chi connectivity index (χ2v) is 12.6. The molecule has 0 spiro atoms. The van der Waals surface area contributed by atoms with Crippen molar-refractivity contribution in [3.8, 4) is 11.5 Å². The van der Waals surface area contributed by atoms with Gasteiger partial charge in [-0.25, -0.2) is 4.68 Å². The number of fused-ring (bicyclic) bond motifs is 1. The van der Waals surface area contributed by atoms with E-state index in [0.29, 0.717) is 57.9 Å². The fourth-order valence-electron chi connectivity index (χ4n) is 5.51. The van der Waals surface area contributed by atoms with Crippen molar-refractivity contribution in [2.45, 2.75) is 51.3 Å². The van der Waals surface area contributed by atoms with E-state index in [2.05, 4.69) is 10.6 Å². The molecule has 1 aromatic heterocycles. The molecule has 2 heterocycles. The number of aryl methyl sites for hydroxylation is 2. The van der Waals surface area contributed by atoms with Crippen molar-refractivity contribution in [3.05, 3.63) is 135 Å². The van der Waals surface area contributed by atoms with Gasteiger partial charge in [-0.05, 0) is 74.2 Å².